The van der Waals surface area contributed by atoms with Crippen molar-refractivity contribution >= 4 is 58.1 Å². The highest BCUT2D eigenvalue weighted by Crippen LogP contribution is 2.32. The van der Waals surface area contributed by atoms with E-state index >= 15 is 0 Å². The number of benzene rings is 2. The molecule has 2 aromatic rings. The van der Waals surface area contributed by atoms with E-state index in [0.717, 1.165) is 16.7 Å². The van der Waals surface area contributed by atoms with Crippen molar-refractivity contribution in [2.75, 3.05) is 11.9 Å². The van der Waals surface area contributed by atoms with E-state index in [0.29, 0.717) is 22.0 Å². The summed E-state index contributed by atoms with van der Waals surface area (Å²) >= 11 is 6.55. The number of nitrogens with zero attached hydrogens (tertiary/aromatic N) is 1. The first-order chi connectivity index (χ1) is 13.8. The van der Waals surface area contributed by atoms with Gasteiger partial charge in [-0.1, -0.05) is 23.7 Å². The van der Waals surface area contributed by atoms with Crippen LogP contribution in [0, 0.1) is 0 Å². The van der Waals surface area contributed by atoms with Crippen molar-refractivity contribution in [2.24, 2.45) is 0 Å². The van der Waals surface area contributed by atoms with Gasteiger partial charge in [0.2, 0.25) is 5.91 Å². The quantitative estimate of drug-likeness (QED) is 0.438. The van der Waals surface area contributed by atoms with Crippen molar-refractivity contribution in [1.29, 1.82) is 0 Å². The Morgan fingerprint density at radius 1 is 1.10 bits per heavy atom. The van der Waals surface area contributed by atoms with Crippen LogP contribution < -0.4 is 10.1 Å². The molecule has 1 saturated heterocycles. The molecular weight excluding hydrogens is 416 g/mol. The number of thioether (sulfide) groups is 1. The summed E-state index contributed by atoms with van der Waals surface area (Å²) in [5.74, 6) is -1.10. The SMILES string of the molecule is CC(=O)Oc1ccc(/C=C2/SC(=O)N(CC(=O)Nc3ccc(Cl)cc3)C2=O)cc1. The Hall–Kier alpha value is -3.10. The number of carbonyl (C=O) groups is 4. The minimum Gasteiger partial charge on any atom is -0.427 e. The molecule has 0 saturated carbocycles. The standard InChI is InChI=1S/C20H15ClN2O5S/c1-12(24)28-16-8-2-13(3-9-16)10-17-19(26)23(20(27)29-17)11-18(25)22-15-6-4-14(21)5-7-15/h2-10H,11H2,1H3,(H,22,25)/b17-10+. The van der Waals surface area contributed by atoms with Crippen LogP contribution in [0.2, 0.25) is 5.02 Å². The average molecular weight is 431 g/mol. The van der Waals surface area contributed by atoms with E-state index < -0.39 is 29.6 Å². The summed E-state index contributed by atoms with van der Waals surface area (Å²) in [6, 6.07) is 12.9. The van der Waals surface area contributed by atoms with Crippen LogP contribution in [0.15, 0.2) is 53.4 Å². The predicted molar refractivity (Wildman–Crippen MR) is 111 cm³/mol. The Labute approximate surface area is 175 Å². The number of amides is 3. The second-order valence-corrected chi connectivity index (χ2v) is 7.42. The maximum atomic E-state index is 12.5. The second kappa shape index (κ2) is 8.93. The van der Waals surface area contributed by atoms with E-state index in [9.17, 15) is 19.2 Å². The number of ether oxygens (including phenoxy) is 1. The van der Waals surface area contributed by atoms with Crippen molar-refractivity contribution in [3.63, 3.8) is 0 Å². The smallest absolute Gasteiger partial charge is 0.308 e. The van der Waals surface area contributed by atoms with Crippen LogP contribution in [-0.4, -0.2) is 34.5 Å². The monoisotopic (exact) mass is 430 g/mol. The van der Waals surface area contributed by atoms with Crippen LogP contribution in [0.3, 0.4) is 0 Å². The lowest BCUT2D eigenvalue weighted by atomic mass is 10.2. The lowest BCUT2D eigenvalue weighted by molar-refractivity contribution is -0.131. The maximum absolute atomic E-state index is 12.5. The Morgan fingerprint density at radius 3 is 2.38 bits per heavy atom. The molecule has 1 aliphatic heterocycles. The Kier molecular flexibility index (Phi) is 6.36. The van der Waals surface area contributed by atoms with Gasteiger partial charge >= 0.3 is 5.97 Å². The largest absolute Gasteiger partial charge is 0.427 e. The summed E-state index contributed by atoms with van der Waals surface area (Å²) in [5.41, 5.74) is 1.16. The molecule has 1 heterocycles. The summed E-state index contributed by atoms with van der Waals surface area (Å²) < 4.78 is 4.95. The van der Waals surface area contributed by atoms with Gasteiger partial charge < -0.3 is 10.1 Å². The highest BCUT2D eigenvalue weighted by Gasteiger charge is 2.36. The number of hydrogen-bond donors (Lipinski definition) is 1. The van der Waals surface area contributed by atoms with E-state index in [2.05, 4.69) is 5.32 Å². The predicted octanol–water partition coefficient (Wildman–Crippen LogP) is 3.94. The van der Waals surface area contributed by atoms with Gasteiger partial charge in [-0.3, -0.25) is 24.1 Å². The zero-order valence-electron chi connectivity index (χ0n) is 15.2. The van der Waals surface area contributed by atoms with Gasteiger partial charge in [0.15, 0.2) is 0 Å². The van der Waals surface area contributed by atoms with Gasteiger partial charge in [0.1, 0.15) is 12.3 Å². The molecule has 0 aromatic heterocycles. The number of rotatable bonds is 5. The molecule has 3 rings (SSSR count). The Morgan fingerprint density at radius 2 is 1.76 bits per heavy atom. The first kappa shape index (κ1) is 20.6. The van der Waals surface area contributed by atoms with Crippen LogP contribution in [0.1, 0.15) is 12.5 Å². The highest BCUT2D eigenvalue weighted by molar-refractivity contribution is 8.18. The topological polar surface area (TPSA) is 92.8 Å². The van der Waals surface area contributed by atoms with Crippen LogP contribution in [0.25, 0.3) is 6.08 Å². The van der Waals surface area contributed by atoms with Gasteiger partial charge in [0.05, 0.1) is 4.91 Å². The summed E-state index contributed by atoms with van der Waals surface area (Å²) in [5, 5.41) is 2.61. The van der Waals surface area contributed by atoms with Gasteiger partial charge in [0.25, 0.3) is 11.1 Å². The molecule has 148 valence electrons. The van der Waals surface area contributed by atoms with E-state index in [4.69, 9.17) is 16.3 Å². The number of hydrogen-bond acceptors (Lipinski definition) is 6. The number of nitrogens with one attached hydrogen (secondary N) is 1. The van der Waals surface area contributed by atoms with Gasteiger partial charge in [-0.15, -0.1) is 0 Å². The average Bonchev–Trinajstić information content (AvgIpc) is 2.92. The Bertz CT molecular complexity index is 1000. The van der Waals surface area contributed by atoms with Gasteiger partial charge in [-0.2, -0.15) is 0 Å². The zero-order valence-corrected chi connectivity index (χ0v) is 16.8. The third kappa shape index (κ3) is 5.46. The molecule has 7 nitrogen and oxygen atoms in total. The highest BCUT2D eigenvalue weighted by atomic mass is 35.5. The minimum absolute atomic E-state index is 0.203. The molecule has 0 unspecified atom stereocenters. The molecular formula is C20H15ClN2O5S. The zero-order chi connectivity index (χ0) is 21.0. The first-order valence-corrected chi connectivity index (χ1v) is 9.60. The first-order valence-electron chi connectivity index (χ1n) is 8.41. The second-order valence-electron chi connectivity index (χ2n) is 5.99. The van der Waals surface area contributed by atoms with Crippen molar-refractivity contribution in [3.8, 4) is 5.75 Å². The molecule has 9 heteroatoms. The summed E-state index contributed by atoms with van der Waals surface area (Å²) in [7, 11) is 0. The maximum Gasteiger partial charge on any atom is 0.308 e. The number of imide groups is 1. The molecule has 1 N–H and O–H groups in total. The third-order valence-corrected chi connectivity index (χ3v) is 4.90. The summed E-state index contributed by atoms with van der Waals surface area (Å²) in [4.78, 5) is 48.9. The third-order valence-electron chi connectivity index (χ3n) is 3.74. The van der Waals surface area contributed by atoms with Crippen molar-refractivity contribution in [1.82, 2.24) is 4.90 Å². The molecule has 0 atom stereocenters. The molecule has 0 aliphatic carbocycles. The lowest BCUT2D eigenvalue weighted by Gasteiger charge is -2.12. The normalized spacial score (nSPS) is 15.0. The van der Waals surface area contributed by atoms with Crippen LogP contribution in [0.5, 0.6) is 5.75 Å². The molecule has 2 aromatic carbocycles. The van der Waals surface area contributed by atoms with Crippen LogP contribution in [-0.2, 0) is 14.4 Å². The van der Waals surface area contributed by atoms with Crippen LogP contribution in [0.4, 0.5) is 10.5 Å². The van der Waals surface area contributed by atoms with Crippen molar-refractivity contribution in [2.45, 2.75) is 6.92 Å². The van der Waals surface area contributed by atoms with Gasteiger partial charge in [-0.25, -0.2) is 0 Å². The van der Waals surface area contributed by atoms with E-state index in [1.807, 2.05) is 0 Å². The fraction of sp³-hybridized carbons (Fsp3) is 0.100. The lowest BCUT2D eigenvalue weighted by Crippen LogP contribution is -2.36. The summed E-state index contributed by atoms with van der Waals surface area (Å²) in [6.07, 6.45) is 1.54. The minimum atomic E-state index is -0.546. The summed E-state index contributed by atoms with van der Waals surface area (Å²) in [6.45, 7) is 0.906. The van der Waals surface area contributed by atoms with E-state index in [1.165, 1.54) is 6.92 Å². The molecule has 1 aliphatic rings. The number of halogens is 1. The fourth-order valence-corrected chi connectivity index (χ4v) is 3.43. The Balaban J connectivity index is 1.65. The number of anilines is 1. The molecule has 3 amide bonds. The molecule has 1 fully saturated rings. The molecule has 0 spiro atoms. The van der Waals surface area contributed by atoms with Gasteiger partial charge in [-0.05, 0) is 59.8 Å². The molecule has 0 bridgehead atoms. The van der Waals surface area contributed by atoms with Crippen molar-refractivity contribution < 1.29 is 23.9 Å². The number of carbonyl (C=O) groups excluding carboxylic acids is 4. The molecule has 0 radical (unpaired) electrons. The van der Waals surface area contributed by atoms with Gasteiger partial charge in [0, 0.05) is 17.6 Å². The number of esters is 1. The van der Waals surface area contributed by atoms with E-state index in [-0.39, 0.29) is 4.91 Å². The molecule has 29 heavy (non-hydrogen) atoms. The van der Waals surface area contributed by atoms with E-state index in [1.54, 1.807) is 54.6 Å². The van der Waals surface area contributed by atoms with Crippen LogP contribution >= 0.6 is 23.4 Å². The fourth-order valence-electron chi connectivity index (χ4n) is 2.46. The van der Waals surface area contributed by atoms with Crippen molar-refractivity contribution in [3.05, 3.63) is 64.0 Å².